The van der Waals surface area contributed by atoms with Crippen LogP contribution in [0.5, 0.6) is 0 Å². The second-order valence-electron chi connectivity index (χ2n) is 6.92. The molecule has 2 N–H and O–H groups in total. The number of ether oxygens (including phenoxy) is 1. The van der Waals surface area contributed by atoms with Crippen LogP contribution < -0.4 is 10.6 Å². The molecule has 9 heteroatoms. The molecule has 2 aromatic rings. The molecule has 0 unspecified atom stereocenters. The quantitative estimate of drug-likeness (QED) is 0.187. The first-order valence-electron chi connectivity index (χ1n) is 9.90. The smallest absolute Gasteiger partial charge is 0.305 e. The Hall–Kier alpha value is -3.33. The highest BCUT2D eigenvalue weighted by atomic mass is 32.1. The van der Waals surface area contributed by atoms with Gasteiger partial charge in [-0.1, -0.05) is 30.3 Å². The van der Waals surface area contributed by atoms with Crippen LogP contribution in [0.1, 0.15) is 36.8 Å². The number of carbonyl (C=O) groups is 2. The van der Waals surface area contributed by atoms with E-state index in [0.717, 1.165) is 12.8 Å². The van der Waals surface area contributed by atoms with E-state index in [0.29, 0.717) is 24.3 Å². The second kappa shape index (κ2) is 12.4. The van der Waals surface area contributed by atoms with Gasteiger partial charge in [0.15, 0.2) is 5.11 Å². The molecule has 0 aliphatic carbocycles. The van der Waals surface area contributed by atoms with Crippen LogP contribution in [-0.2, 0) is 20.7 Å². The van der Waals surface area contributed by atoms with Gasteiger partial charge in [-0.3, -0.25) is 19.7 Å². The summed E-state index contributed by atoms with van der Waals surface area (Å²) in [7, 11) is 0. The van der Waals surface area contributed by atoms with Gasteiger partial charge < -0.3 is 15.4 Å². The van der Waals surface area contributed by atoms with Crippen molar-refractivity contribution in [2.24, 2.45) is 0 Å². The highest BCUT2D eigenvalue weighted by Crippen LogP contribution is 2.21. The lowest BCUT2D eigenvalue weighted by Gasteiger charge is -2.11. The van der Waals surface area contributed by atoms with Gasteiger partial charge in [-0.15, -0.1) is 0 Å². The number of nitrogens with zero attached hydrogens (tertiary/aromatic N) is 1. The molecular weight excluding hydrogens is 418 g/mol. The van der Waals surface area contributed by atoms with Crippen molar-refractivity contribution >= 4 is 40.6 Å². The number of nitrogens with one attached hydrogen (secondary N) is 2. The number of hydrogen-bond donors (Lipinski definition) is 2. The van der Waals surface area contributed by atoms with Crippen molar-refractivity contribution in [3.8, 4) is 0 Å². The second-order valence-corrected chi connectivity index (χ2v) is 7.33. The summed E-state index contributed by atoms with van der Waals surface area (Å²) in [4.78, 5) is 34.1. The first-order chi connectivity index (χ1) is 14.8. The van der Waals surface area contributed by atoms with E-state index in [4.69, 9.17) is 17.0 Å². The summed E-state index contributed by atoms with van der Waals surface area (Å²) in [5, 5.41) is 16.2. The average Bonchev–Trinajstić information content (AvgIpc) is 2.73. The lowest BCUT2D eigenvalue weighted by Crippen LogP contribution is -2.34. The summed E-state index contributed by atoms with van der Waals surface area (Å²) in [5.74, 6) is -0.656. The Labute approximate surface area is 186 Å². The van der Waals surface area contributed by atoms with Crippen LogP contribution in [0.25, 0.3) is 0 Å². The predicted molar refractivity (Wildman–Crippen MR) is 122 cm³/mol. The van der Waals surface area contributed by atoms with Crippen LogP contribution in [0.4, 0.5) is 11.4 Å². The number of esters is 1. The van der Waals surface area contributed by atoms with Crippen LogP contribution in [-0.4, -0.2) is 28.5 Å². The van der Waals surface area contributed by atoms with Gasteiger partial charge in [-0.05, 0) is 55.6 Å². The summed E-state index contributed by atoms with van der Waals surface area (Å²) in [6.45, 7) is 2.05. The normalized spacial score (nSPS) is 10.2. The molecule has 2 aromatic carbocycles. The molecule has 0 aliphatic rings. The summed E-state index contributed by atoms with van der Waals surface area (Å²) < 4.78 is 5.19. The number of anilines is 1. The Morgan fingerprint density at radius 2 is 1.84 bits per heavy atom. The molecule has 0 saturated heterocycles. The Morgan fingerprint density at radius 3 is 2.52 bits per heavy atom. The number of carbonyl (C=O) groups excluding carboxylic acids is 2. The molecular formula is C22H25N3O5S. The molecule has 8 nitrogen and oxygen atoms in total. The van der Waals surface area contributed by atoms with Crippen molar-refractivity contribution in [1.82, 2.24) is 5.32 Å². The first kappa shape index (κ1) is 23.9. The van der Waals surface area contributed by atoms with Crippen molar-refractivity contribution in [1.29, 1.82) is 0 Å². The number of nitro groups is 1. The van der Waals surface area contributed by atoms with Crippen molar-refractivity contribution < 1.29 is 19.2 Å². The third kappa shape index (κ3) is 8.91. The monoisotopic (exact) mass is 443 g/mol. The fraction of sp³-hybridized carbons (Fsp3) is 0.318. The van der Waals surface area contributed by atoms with E-state index in [2.05, 4.69) is 10.6 Å². The molecule has 31 heavy (non-hydrogen) atoms. The Kier molecular flexibility index (Phi) is 9.57. The molecule has 1 amide bonds. The lowest BCUT2D eigenvalue weighted by molar-refractivity contribution is -0.384. The minimum Gasteiger partial charge on any atom is -0.466 e. The van der Waals surface area contributed by atoms with E-state index in [1.165, 1.54) is 23.8 Å². The minimum atomic E-state index is -0.481. The average molecular weight is 444 g/mol. The fourth-order valence-corrected chi connectivity index (χ4v) is 3.04. The van der Waals surface area contributed by atoms with Gasteiger partial charge in [0.25, 0.3) is 5.69 Å². The van der Waals surface area contributed by atoms with E-state index >= 15 is 0 Å². The van der Waals surface area contributed by atoms with Crippen LogP contribution in [0.2, 0.25) is 0 Å². The third-order valence-electron chi connectivity index (χ3n) is 4.42. The molecule has 0 atom stereocenters. The third-order valence-corrected chi connectivity index (χ3v) is 4.63. The lowest BCUT2D eigenvalue weighted by atomic mass is 10.1. The SMILES string of the molecule is Cc1cc([N+](=O)[O-])ccc1NC(=S)NC(=O)CCCC(=O)OCCCc1ccccc1. The number of thiocarbonyl (C=S) groups is 1. The predicted octanol–water partition coefficient (Wildman–Crippen LogP) is 4.06. The van der Waals surface area contributed by atoms with Crippen LogP contribution in [0.3, 0.4) is 0 Å². The topological polar surface area (TPSA) is 111 Å². The maximum Gasteiger partial charge on any atom is 0.305 e. The summed E-state index contributed by atoms with van der Waals surface area (Å²) >= 11 is 5.10. The van der Waals surface area contributed by atoms with Crippen LogP contribution in [0.15, 0.2) is 48.5 Å². The molecule has 0 fully saturated rings. The maximum atomic E-state index is 12.0. The summed E-state index contributed by atoms with van der Waals surface area (Å²) in [5.41, 5.74) is 2.37. The summed E-state index contributed by atoms with van der Waals surface area (Å²) in [6, 6.07) is 14.3. The Balaban J connectivity index is 1.61. The van der Waals surface area contributed by atoms with Crippen LogP contribution >= 0.6 is 12.2 Å². The Morgan fingerprint density at radius 1 is 1.10 bits per heavy atom. The van der Waals surface area contributed by atoms with Gasteiger partial charge >= 0.3 is 5.97 Å². The molecule has 0 bridgehead atoms. The molecule has 0 heterocycles. The zero-order valence-corrected chi connectivity index (χ0v) is 18.1. The Bertz CT molecular complexity index is 934. The van der Waals surface area contributed by atoms with E-state index in [-0.39, 0.29) is 35.5 Å². The fourth-order valence-electron chi connectivity index (χ4n) is 2.82. The number of non-ortho nitro benzene ring substituents is 1. The van der Waals surface area contributed by atoms with Gasteiger partial charge in [0.05, 0.1) is 11.5 Å². The zero-order chi connectivity index (χ0) is 22.6. The van der Waals surface area contributed by atoms with E-state index in [1.807, 2.05) is 30.3 Å². The number of nitro benzene ring substituents is 1. The molecule has 2 rings (SSSR count). The first-order valence-corrected chi connectivity index (χ1v) is 10.3. The van der Waals surface area contributed by atoms with Crippen molar-refractivity contribution in [3.05, 3.63) is 69.8 Å². The molecule has 0 spiro atoms. The minimum absolute atomic E-state index is 0.0232. The molecule has 0 saturated carbocycles. The number of rotatable bonds is 10. The largest absolute Gasteiger partial charge is 0.466 e. The van der Waals surface area contributed by atoms with Crippen molar-refractivity contribution in [2.45, 2.75) is 39.0 Å². The van der Waals surface area contributed by atoms with Gasteiger partial charge in [0, 0.05) is 30.7 Å². The van der Waals surface area contributed by atoms with E-state index in [1.54, 1.807) is 6.92 Å². The zero-order valence-electron chi connectivity index (χ0n) is 17.3. The maximum absolute atomic E-state index is 12.0. The molecule has 164 valence electrons. The number of benzene rings is 2. The number of amides is 1. The highest BCUT2D eigenvalue weighted by Gasteiger charge is 2.11. The van der Waals surface area contributed by atoms with Gasteiger partial charge in [0.1, 0.15) is 0 Å². The summed E-state index contributed by atoms with van der Waals surface area (Å²) in [6.07, 6.45) is 2.22. The standard InChI is InChI=1S/C22H25N3O5S/c1-16-15-18(25(28)29)12-13-19(16)23-22(31)24-20(26)10-5-11-21(27)30-14-6-9-17-7-3-2-4-8-17/h2-4,7-8,12-13,15H,5-6,9-11,14H2,1H3,(H2,23,24,26,31). The number of aryl methyl sites for hydroxylation is 2. The number of hydrogen-bond acceptors (Lipinski definition) is 6. The molecule has 0 aromatic heterocycles. The molecule has 0 radical (unpaired) electrons. The van der Waals surface area contributed by atoms with Crippen molar-refractivity contribution in [3.63, 3.8) is 0 Å². The van der Waals surface area contributed by atoms with Gasteiger partial charge in [-0.25, -0.2) is 0 Å². The van der Waals surface area contributed by atoms with Gasteiger partial charge in [-0.2, -0.15) is 0 Å². The molecule has 0 aliphatic heterocycles. The van der Waals surface area contributed by atoms with E-state index < -0.39 is 4.92 Å². The van der Waals surface area contributed by atoms with Crippen molar-refractivity contribution in [2.75, 3.05) is 11.9 Å². The highest BCUT2D eigenvalue weighted by molar-refractivity contribution is 7.80. The van der Waals surface area contributed by atoms with Crippen LogP contribution in [0, 0.1) is 17.0 Å². The van der Waals surface area contributed by atoms with E-state index in [9.17, 15) is 19.7 Å². The van der Waals surface area contributed by atoms with Gasteiger partial charge in [0.2, 0.25) is 5.91 Å².